The molecular formula is C23H20O8S2. The summed E-state index contributed by atoms with van der Waals surface area (Å²) in [5, 5.41) is 19.5. The van der Waals surface area contributed by atoms with Crippen LogP contribution in [0.5, 0.6) is 11.5 Å². The van der Waals surface area contributed by atoms with Crippen LogP contribution in [0.15, 0.2) is 106 Å². The van der Waals surface area contributed by atoms with Gasteiger partial charge in [0.1, 0.15) is 23.2 Å². The van der Waals surface area contributed by atoms with E-state index in [2.05, 4.69) is 0 Å². The predicted molar refractivity (Wildman–Crippen MR) is 123 cm³/mol. The fourth-order valence-electron chi connectivity index (χ4n) is 2.81. The third-order valence-corrected chi connectivity index (χ3v) is 7.02. The van der Waals surface area contributed by atoms with Crippen molar-refractivity contribution in [1.82, 2.24) is 0 Å². The van der Waals surface area contributed by atoms with Gasteiger partial charge in [-0.1, -0.05) is 36.4 Å². The van der Waals surface area contributed by atoms with E-state index in [0.717, 1.165) is 5.39 Å². The van der Waals surface area contributed by atoms with Crippen LogP contribution < -0.4 is 0 Å². The highest BCUT2D eigenvalue weighted by Gasteiger charge is 2.17. The van der Waals surface area contributed by atoms with Gasteiger partial charge in [-0.05, 0) is 60.0 Å². The van der Waals surface area contributed by atoms with E-state index in [0.29, 0.717) is 5.39 Å². The number of phenolic OH excluding ortho intramolecular Hbond substituents is 2. The van der Waals surface area contributed by atoms with Crippen LogP contribution in [-0.4, -0.2) is 38.4 Å². The summed E-state index contributed by atoms with van der Waals surface area (Å²) in [5.41, 5.74) is 0. The number of carbonyl (C=O) groups is 1. The van der Waals surface area contributed by atoms with Gasteiger partial charge in [-0.3, -0.25) is 4.55 Å². The first-order valence-corrected chi connectivity index (χ1v) is 12.1. The summed E-state index contributed by atoms with van der Waals surface area (Å²) in [4.78, 5) is 8.15. The Labute approximate surface area is 191 Å². The van der Waals surface area contributed by atoms with Gasteiger partial charge in [0, 0.05) is 5.39 Å². The Kier molecular flexibility index (Phi) is 8.30. The van der Waals surface area contributed by atoms with Crippen LogP contribution in [-0.2, 0) is 24.7 Å². The van der Waals surface area contributed by atoms with E-state index in [1.54, 1.807) is 30.3 Å². The lowest BCUT2D eigenvalue weighted by atomic mass is 10.1. The summed E-state index contributed by atoms with van der Waals surface area (Å²) < 4.78 is 55.2. The van der Waals surface area contributed by atoms with Crippen molar-refractivity contribution in [2.45, 2.75) is 14.7 Å². The summed E-state index contributed by atoms with van der Waals surface area (Å²) in [6.45, 7) is 2.00. The first-order valence-electron chi connectivity index (χ1n) is 9.16. The highest BCUT2D eigenvalue weighted by Crippen LogP contribution is 2.24. The number of hydrogen-bond acceptors (Lipinski definition) is 7. The van der Waals surface area contributed by atoms with Crippen molar-refractivity contribution >= 4 is 37.5 Å². The lowest BCUT2D eigenvalue weighted by molar-refractivity contribution is -0.0980. The monoisotopic (exact) mass is 488 g/mol. The highest BCUT2D eigenvalue weighted by atomic mass is 32.2. The third-order valence-electron chi connectivity index (χ3n) is 4.32. The molecule has 0 unspecified atom stereocenters. The van der Waals surface area contributed by atoms with Gasteiger partial charge in [-0.15, -0.1) is 0 Å². The smallest absolute Gasteiger partial charge is 0.295 e. The number of fused-ring (bicyclic) bond motifs is 1. The van der Waals surface area contributed by atoms with Crippen molar-refractivity contribution in [3.63, 3.8) is 0 Å². The molecule has 0 aromatic heterocycles. The number of aromatic hydroxyl groups is 2. The Morgan fingerprint density at radius 2 is 1.00 bits per heavy atom. The Morgan fingerprint density at radius 1 is 0.576 bits per heavy atom. The zero-order valence-electron chi connectivity index (χ0n) is 17.1. The van der Waals surface area contributed by atoms with Crippen molar-refractivity contribution in [1.29, 1.82) is 0 Å². The maximum atomic E-state index is 12.1. The standard InChI is InChI=1S/C12H10O4S.C10H8O3S.CH2O/c13-9-1-5-11(6-2-9)17(15,16)12-7-3-10(14)4-8-12;11-14(12,13)10-7-3-5-8-4-1-2-6-9(8)10;1-2/h1-8,13-14H;1-7H,(H,11,12,13);1H2. The summed E-state index contributed by atoms with van der Waals surface area (Å²) >= 11 is 0. The Bertz CT molecular complexity index is 1370. The van der Waals surface area contributed by atoms with E-state index in [1.807, 2.05) is 12.9 Å². The molecule has 172 valence electrons. The molecule has 10 heteroatoms. The van der Waals surface area contributed by atoms with Gasteiger partial charge in [0.25, 0.3) is 10.1 Å². The first-order chi connectivity index (χ1) is 15.6. The number of rotatable bonds is 3. The van der Waals surface area contributed by atoms with Gasteiger partial charge in [0.05, 0.1) is 9.79 Å². The summed E-state index contributed by atoms with van der Waals surface area (Å²) in [6, 6.07) is 22.4. The van der Waals surface area contributed by atoms with Gasteiger partial charge >= 0.3 is 0 Å². The minimum absolute atomic E-state index is 0.00894. The van der Waals surface area contributed by atoms with Crippen LogP contribution >= 0.6 is 0 Å². The van der Waals surface area contributed by atoms with E-state index in [-0.39, 0.29) is 26.2 Å². The van der Waals surface area contributed by atoms with Crippen molar-refractivity contribution in [2.24, 2.45) is 0 Å². The Morgan fingerprint density at radius 3 is 1.45 bits per heavy atom. The van der Waals surface area contributed by atoms with Gasteiger partial charge < -0.3 is 15.0 Å². The normalized spacial score (nSPS) is 10.9. The average molecular weight is 489 g/mol. The molecule has 0 aliphatic carbocycles. The lowest BCUT2D eigenvalue weighted by Gasteiger charge is -2.04. The van der Waals surface area contributed by atoms with Gasteiger partial charge in [-0.25, -0.2) is 8.42 Å². The SMILES string of the molecule is C=O.O=S(=O)(O)c1cccc2ccccc12.O=S(=O)(c1ccc(O)cc1)c1ccc(O)cc1. The van der Waals surface area contributed by atoms with Gasteiger partial charge in [-0.2, -0.15) is 8.42 Å². The van der Waals surface area contributed by atoms with Crippen LogP contribution in [0.2, 0.25) is 0 Å². The van der Waals surface area contributed by atoms with Crippen molar-refractivity contribution in [3.8, 4) is 11.5 Å². The first kappa shape index (κ1) is 25.5. The van der Waals surface area contributed by atoms with Crippen molar-refractivity contribution in [2.75, 3.05) is 0 Å². The van der Waals surface area contributed by atoms with E-state index in [4.69, 9.17) is 19.6 Å². The van der Waals surface area contributed by atoms with Crippen LogP contribution in [0.3, 0.4) is 0 Å². The summed E-state index contributed by atoms with van der Waals surface area (Å²) in [5.74, 6) is 0.0179. The molecule has 0 atom stereocenters. The number of carbonyl (C=O) groups excluding carboxylic acids is 1. The molecule has 4 rings (SSSR count). The third kappa shape index (κ3) is 6.39. The minimum atomic E-state index is -4.13. The molecule has 33 heavy (non-hydrogen) atoms. The lowest BCUT2D eigenvalue weighted by Crippen LogP contribution is -2.01. The molecule has 0 saturated heterocycles. The predicted octanol–water partition coefficient (Wildman–Crippen LogP) is 3.83. The fraction of sp³-hybridized carbons (Fsp3) is 0. The fourth-order valence-corrected chi connectivity index (χ4v) is 4.78. The topological polar surface area (TPSA) is 146 Å². The molecular weight excluding hydrogens is 468 g/mol. The highest BCUT2D eigenvalue weighted by molar-refractivity contribution is 7.91. The van der Waals surface area contributed by atoms with Crippen LogP contribution in [0.1, 0.15) is 0 Å². The zero-order chi connectivity index (χ0) is 24.6. The largest absolute Gasteiger partial charge is 0.508 e. The molecule has 4 aromatic carbocycles. The number of phenols is 2. The van der Waals surface area contributed by atoms with Crippen molar-refractivity contribution in [3.05, 3.63) is 91.0 Å². The van der Waals surface area contributed by atoms with Crippen LogP contribution in [0, 0.1) is 0 Å². The Balaban J connectivity index is 0.000000221. The van der Waals surface area contributed by atoms with E-state index >= 15 is 0 Å². The molecule has 0 fully saturated rings. The second-order valence-corrected chi connectivity index (χ2v) is 9.78. The number of sulfone groups is 1. The molecule has 0 aliphatic heterocycles. The van der Waals surface area contributed by atoms with E-state index < -0.39 is 20.0 Å². The second-order valence-electron chi connectivity index (χ2n) is 6.44. The second kappa shape index (κ2) is 10.7. The number of hydrogen-bond donors (Lipinski definition) is 3. The maximum Gasteiger partial charge on any atom is 0.295 e. The van der Waals surface area contributed by atoms with E-state index in [1.165, 1.54) is 54.6 Å². The van der Waals surface area contributed by atoms with Crippen LogP contribution in [0.4, 0.5) is 0 Å². The Hall–Kier alpha value is -3.73. The molecule has 3 N–H and O–H groups in total. The van der Waals surface area contributed by atoms with Gasteiger partial charge in [0.2, 0.25) is 9.84 Å². The van der Waals surface area contributed by atoms with E-state index in [9.17, 15) is 16.8 Å². The summed E-state index contributed by atoms with van der Waals surface area (Å²) in [7, 11) is -7.72. The quantitative estimate of drug-likeness (QED) is 0.369. The molecule has 8 nitrogen and oxygen atoms in total. The molecule has 0 bridgehead atoms. The average Bonchev–Trinajstić information content (AvgIpc) is 2.80. The number of benzene rings is 4. The van der Waals surface area contributed by atoms with Crippen LogP contribution in [0.25, 0.3) is 10.8 Å². The maximum absolute atomic E-state index is 12.1. The molecule has 0 aliphatic rings. The molecule has 0 amide bonds. The minimum Gasteiger partial charge on any atom is -0.508 e. The molecule has 0 heterocycles. The molecule has 0 saturated carbocycles. The zero-order valence-corrected chi connectivity index (χ0v) is 18.7. The summed E-state index contributed by atoms with van der Waals surface area (Å²) in [6.07, 6.45) is 0. The molecule has 0 spiro atoms. The molecule has 4 aromatic rings. The van der Waals surface area contributed by atoms with Gasteiger partial charge in [0.15, 0.2) is 0 Å². The van der Waals surface area contributed by atoms with Crippen molar-refractivity contribution < 1.29 is 36.4 Å². The molecule has 0 radical (unpaired) electrons.